The number of nitrogens with zero attached hydrogens (tertiary/aromatic N) is 3. The standard InChI is InChI=1S/C18H18N4O2S/c23-17(15-6-1-5-14-8-9-19-22(14)15)20-13-4-2-10-21(12-13)18(24)16-7-3-11-25-16/h1,3,5-9,11,13H,2,4,10,12H2,(H,20,23)/t13-/m1/s1. The quantitative estimate of drug-likeness (QED) is 0.785. The Labute approximate surface area is 149 Å². The van der Waals surface area contributed by atoms with Crippen LogP contribution in [0.15, 0.2) is 48.0 Å². The fourth-order valence-corrected chi connectivity index (χ4v) is 3.91. The molecule has 1 N–H and O–H groups in total. The lowest BCUT2D eigenvalue weighted by atomic mass is 10.1. The van der Waals surface area contributed by atoms with Crippen LogP contribution in [0.3, 0.4) is 0 Å². The number of rotatable bonds is 3. The maximum Gasteiger partial charge on any atom is 0.270 e. The van der Waals surface area contributed by atoms with Gasteiger partial charge in [-0.1, -0.05) is 12.1 Å². The van der Waals surface area contributed by atoms with Crippen LogP contribution in [0.5, 0.6) is 0 Å². The molecule has 25 heavy (non-hydrogen) atoms. The molecule has 0 unspecified atom stereocenters. The van der Waals surface area contributed by atoms with Gasteiger partial charge >= 0.3 is 0 Å². The fourth-order valence-electron chi connectivity index (χ4n) is 3.22. The topological polar surface area (TPSA) is 66.7 Å². The van der Waals surface area contributed by atoms with Crippen molar-refractivity contribution in [2.24, 2.45) is 0 Å². The highest BCUT2D eigenvalue weighted by molar-refractivity contribution is 7.12. The van der Waals surface area contributed by atoms with Crippen molar-refractivity contribution >= 4 is 28.7 Å². The zero-order valence-electron chi connectivity index (χ0n) is 13.6. The highest BCUT2D eigenvalue weighted by atomic mass is 32.1. The minimum Gasteiger partial charge on any atom is -0.346 e. The molecule has 6 nitrogen and oxygen atoms in total. The van der Waals surface area contributed by atoms with Crippen LogP contribution in [0.25, 0.3) is 5.52 Å². The number of thiophene rings is 1. The summed E-state index contributed by atoms with van der Waals surface area (Å²) in [6.07, 6.45) is 3.43. The van der Waals surface area contributed by atoms with E-state index in [4.69, 9.17) is 0 Å². The lowest BCUT2D eigenvalue weighted by molar-refractivity contribution is 0.0679. The number of piperidine rings is 1. The molecule has 2 amide bonds. The van der Waals surface area contributed by atoms with E-state index in [-0.39, 0.29) is 17.9 Å². The molecule has 1 aliphatic rings. The number of fused-ring (bicyclic) bond motifs is 1. The van der Waals surface area contributed by atoms with Crippen molar-refractivity contribution in [2.45, 2.75) is 18.9 Å². The largest absolute Gasteiger partial charge is 0.346 e. The van der Waals surface area contributed by atoms with Crippen molar-refractivity contribution in [1.82, 2.24) is 19.8 Å². The van der Waals surface area contributed by atoms with Crippen LogP contribution in [0.4, 0.5) is 0 Å². The van der Waals surface area contributed by atoms with E-state index in [1.165, 1.54) is 11.3 Å². The molecular formula is C18H18N4O2S. The van der Waals surface area contributed by atoms with Crippen LogP contribution in [0, 0.1) is 0 Å². The number of likely N-dealkylation sites (tertiary alicyclic amines) is 1. The monoisotopic (exact) mass is 354 g/mol. The van der Waals surface area contributed by atoms with E-state index in [1.807, 2.05) is 40.6 Å². The van der Waals surface area contributed by atoms with Crippen LogP contribution < -0.4 is 5.32 Å². The molecule has 4 rings (SSSR count). The minimum atomic E-state index is -0.162. The second-order valence-electron chi connectivity index (χ2n) is 6.12. The number of aromatic nitrogens is 2. The number of hydrogen-bond donors (Lipinski definition) is 1. The Morgan fingerprint density at radius 3 is 2.96 bits per heavy atom. The van der Waals surface area contributed by atoms with Gasteiger partial charge in [0.1, 0.15) is 5.69 Å². The molecule has 0 aromatic carbocycles. The van der Waals surface area contributed by atoms with Gasteiger partial charge in [0, 0.05) is 19.1 Å². The summed E-state index contributed by atoms with van der Waals surface area (Å²) in [4.78, 5) is 27.7. The Hall–Kier alpha value is -2.67. The smallest absolute Gasteiger partial charge is 0.270 e. The zero-order chi connectivity index (χ0) is 17.2. The first-order chi connectivity index (χ1) is 12.2. The van der Waals surface area contributed by atoms with Gasteiger partial charge < -0.3 is 10.2 Å². The number of carbonyl (C=O) groups excluding carboxylic acids is 2. The van der Waals surface area contributed by atoms with Crippen molar-refractivity contribution in [3.05, 3.63) is 58.5 Å². The van der Waals surface area contributed by atoms with Crippen molar-refractivity contribution in [2.75, 3.05) is 13.1 Å². The fraction of sp³-hybridized carbons (Fsp3) is 0.278. The molecular weight excluding hydrogens is 336 g/mol. The van der Waals surface area contributed by atoms with Gasteiger partial charge in [0.15, 0.2) is 0 Å². The lowest BCUT2D eigenvalue weighted by Crippen LogP contribution is -2.49. The molecule has 4 heterocycles. The van der Waals surface area contributed by atoms with Crippen molar-refractivity contribution in [3.63, 3.8) is 0 Å². The summed E-state index contributed by atoms with van der Waals surface area (Å²) >= 11 is 1.45. The van der Waals surface area contributed by atoms with Gasteiger partial charge in [0.2, 0.25) is 0 Å². The molecule has 7 heteroatoms. The second kappa shape index (κ2) is 6.68. The summed E-state index contributed by atoms with van der Waals surface area (Å²) in [6, 6.07) is 11.0. The van der Waals surface area contributed by atoms with E-state index < -0.39 is 0 Å². The third-order valence-electron chi connectivity index (χ3n) is 4.43. The summed E-state index contributed by atoms with van der Waals surface area (Å²) in [7, 11) is 0. The zero-order valence-corrected chi connectivity index (χ0v) is 14.4. The molecule has 0 spiro atoms. The molecule has 0 saturated carbocycles. The van der Waals surface area contributed by atoms with Crippen LogP contribution in [-0.4, -0.2) is 45.5 Å². The van der Waals surface area contributed by atoms with E-state index in [1.54, 1.807) is 16.8 Å². The van der Waals surface area contributed by atoms with E-state index in [0.29, 0.717) is 12.2 Å². The van der Waals surface area contributed by atoms with Gasteiger partial charge in [0.05, 0.1) is 16.6 Å². The number of pyridine rings is 1. The summed E-state index contributed by atoms with van der Waals surface area (Å²) < 4.78 is 1.63. The normalized spacial score (nSPS) is 17.6. The van der Waals surface area contributed by atoms with E-state index >= 15 is 0 Å². The number of amides is 2. The van der Waals surface area contributed by atoms with Crippen molar-refractivity contribution < 1.29 is 9.59 Å². The molecule has 3 aromatic rings. The minimum absolute atomic E-state index is 0.0446. The second-order valence-corrected chi connectivity index (χ2v) is 7.07. The molecule has 1 atom stereocenters. The lowest BCUT2D eigenvalue weighted by Gasteiger charge is -2.33. The first-order valence-corrected chi connectivity index (χ1v) is 9.17. The molecule has 1 aliphatic heterocycles. The van der Waals surface area contributed by atoms with Crippen LogP contribution in [0.1, 0.15) is 33.0 Å². The Balaban J connectivity index is 1.46. The Morgan fingerprint density at radius 2 is 2.12 bits per heavy atom. The highest BCUT2D eigenvalue weighted by Gasteiger charge is 2.26. The molecule has 1 fully saturated rings. The maximum atomic E-state index is 12.7. The van der Waals surface area contributed by atoms with E-state index in [2.05, 4.69) is 10.4 Å². The molecule has 128 valence electrons. The summed E-state index contributed by atoms with van der Waals surface area (Å²) in [5, 5.41) is 9.16. The van der Waals surface area contributed by atoms with E-state index in [9.17, 15) is 9.59 Å². The molecule has 0 radical (unpaired) electrons. The Kier molecular flexibility index (Phi) is 4.23. The molecule has 0 aliphatic carbocycles. The summed E-state index contributed by atoms with van der Waals surface area (Å²) in [6.45, 7) is 1.27. The van der Waals surface area contributed by atoms with Crippen LogP contribution in [-0.2, 0) is 0 Å². The van der Waals surface area contributed by atoms with Crippen LogP contribution >= 0.6 is 11.3 Å². The number of nitrogens with one attached hydrogen (secondary N) is 1. The predicted molar refractivity (Wildman–Crippen MR) is 95.9 cm³/mol. The number of carbonyl (C=O) groups is 2. The Morgan fingerprint density at radius 1 is 1.20 bits per heavy atom. The predicted octanol–water partition coefficient (Wildman–Crippen LogP) is 2.43. The first-order valence-electron chi connectivity index (χ1n) is 8.29. The Bertz CT molecular complexity index is 903. The highest BCUT2D eigenvalue weighted by Crippen LogP contribution is 2.17. The van der Waals surface area contributed by atoms with Crippen LogP contribution in [0.2, 0.25) is 0 Å². The maximum absolute atomic E-state index is 12.7. The first kappa shape index (κ1) is 15.8. The van der Waals surface area contributed by atoms with Gasteiger partial charge in [-0.05, 0) is 42.5 Å². The van der Waals surface area contributed by atoms with Gasteiger partial charge in [-0.15, -0.1) is 11.3 Å². The van der Waals surface area contributed by atoms with Crippen molar-refractivity contribution in [3.8, 4) is 0 Å². The third kappa shape index (κ3) is 3.15. The molecule has 0 bridgehead atoms. The van der Waals surface area contributed by atoms with Gasteiger partial charge in [-0.2, -0.15) is 5.10 Å². The van der Waals surface area contributed by atoms with Crippen molar-refractivity contribution in [1.29, 1.82) is 0 Å². The average Bonchev–Trinajstić information content (AvgIpc) is 3.32. The van der Waals surface area contributed by atoms with Gasteiger partial charge in [0.25, 0.3) is 11.8 Å². The molecule has 1 saturated heterocycles. The summed E-state index contributed by atoms with van der Waals surface area (Å²) in [5.74, 6) is -0.118. The van der Waals surface area contributed by atoms with Gasteiger partial charge in [-0.25, -0.2) is 4.52 Å². The third-order valence-corrected chi connectivity index (χ3v) is 5.29. The van der Waals surface area contributed by atoms with Gasteiger partial charge in [-0.3, -0.25) is 9.59 Å². The molecule has 3 aromatic heterocycles. The van der Waals surface area contributed by atoms with E-state index in [0.717, 1.165) is 29.8 Å². The summed E-state index contributed by atoms with van der Waals surface area (Å²) in [5.41, 5.74) is 1.38. The number of hydrogen-bond acceptors (Lipinski definition) is 4. The SMILES string of the molecule is O=C(N[C@@H]1CCCN(C(=O)c2cccs2)C1)c1cccc2ccnn12. The average molecular weight is 354 g/mol.